The molecule has 0 spiro atoms. The maximum Gasteiger partial charge on any atom is 0.228 e. The van der Waals surface area contributed by atoms with Crippen molar-refractivity contribution in [1.29, 1.82) is 0 Å². The maximum absolute atomic E-state index is 11.3. The molecule has 1 aliphatic heterocycles. The average Bonchev–Trinajstić information content (AvgIpc) is 2.78. The van der Waals surface area contributed by atoms with E-state index in [1.807, 2.05) is 31.4 Å². The minimum absolute atomic E-state index is 0.0382. The van der Waals surface area contributed by atoms with Gasteiger partial charge >= 0.3 is 0 Å². The lowest BCUT2D eigenvalue weighted by atomic mass is 10.0. The van der Waals surface area contributed by atoms with Gasteiger partial charge in [-0.15, -0.1) is 0 Å². The number of nitrogens with zero attached hydrogens (tertiary/aromatic N) is 2. The quantitative estimate of drug-likeness (QED) is 0.769. The van der Waals surface area contributed by atoms with E-state index in [9.17, 15) is 4.79 Å². The van der Waals surface area contributed by atoms with Crippen molar-refractivity contribution in [2.24, 2.45) is 7.05 Å². The Labute approximate surface area is 98.2 Å². The molecule has 2 aromatic rings. The number of nitrogens with one attached hydrogen (secondary N) is 1. The molecule has 0 radical (unpaired) electrons. The molecule has 17 heavy (non-hydrogen) atoms. The van der Waals surface area contributed by atoms with Gasteiger partial charge in [0.05, 0.1) is 6.42 Å². The summed E-state index contributed by atoms with van der Waals surface area (Å²) >= 11 is 0. The molecule has 0 fully saturated rings. The summed E-state index contributed by atoms with van der Waals surface area (Å²) in [6.07, 6.45) is 2.31. The van der Waals surface area contributed by atoms with Gasteiger partial charge in [0, 0.05) is 24.5 Å². The zero-order valence-corrected chi connectivity index (χ0v) is 9.40. The van der Waals surface area contributed by atoms with Crippen molar-refractivity contribution in [3.05, 3.63) is 30.0 Å². The number of anilines is 2. The number of benzene rings is 1. The molecule has 0 saturated heterocycles. The first-order valence-corrected chi connectivity index (χ1v) is 5.36. The van der Waals surface area contributed by atoms with Gasteiger partial charge < -0.3 is 11.1 Å². The van der Waals surface area contributed by atoms with Crippen LogP contribution in [0.1, 0.15) is 5.56 Å². The van der Waals surface area contributed by atoms with E-state index in [-0.39, 0.29) is 5.91 Å². The monoisotopic (exact) mass is 228 g/mol. The van der Waals surface area contributed by atoms with E-state index in [1.165, 1.54) is 0 Å². The molecular formula is C12H12N4O. The highest BCUT2D eigenvalue weighted by Crippen LogP contribution is 2.31. The van der Waals surface area contributed by atoms with Crippen molar-refractivity contribution in [1.82, 2.24) is 9.78 Å². The summed E-state index contributed by atoms with van der Waals surface area (Å²) in [5, 5.41) is 6.91. The molecule has 2 heterocycles. The highest BCUT2D eigenvalue weighted by Gasteiger charge is 2.18. The smallest absolute Gasteiger partial charge is 0.228 e. The molecule has 0 atom stereocenters. The SMILES string of the molecule is Cn1cc(-c2ccc3c(c2)CC(=O)N3)c(N)n1. The molecule has 0 unspecified atom stereocenters. The summed E-state index contributed by atoms with van der Waals surface area (Å²) in [5.74, 6) is 0.543. The summed E-state index contributed by atoms with van der Waals surface area (Å²) in [4.78, 5) is 11.3. The Morgan fingerprint density at radius 3 is 3.00 bits per heavy atom. The minimum atomic E-state index is 0.0382. The predicted octanol–water partition coefficient (Wildman–Crippen LogP) is 1.16. The van der Waals surface area contributed by atoms with Crippen molar-refractivity contribution >= 4 is 17.4 Å². The number of aryl methyl sites for hydroxylation is 1. The van der Waals surface area contributed by atoms with E-state index in [2.05, 4.69) is 10.4 Å². The van der Waals surface area contributed by atoms with Crippen LogP contribution in [-0.2, 0) is 18.3 Å². The van der Waals surface area contributed by atoms with Gasteiger partial charge in [-0.05, 0) is 23.3 Å². The second kappa shape index (κ2) is 3.35. The van der Waals surface area contributed by atoms with Gasteiger partial charge in [0.25, 0.3) is 0 Å². The molecular weight excluding hydrogens is 216 g/mol. The van der Waals surface area contributed by atoms with Gasteiger partial charge in [-0.2, -0.15) is 5.10 Å². The third-order valence-corrected chi connectivity index (χ3v) is 2.90. The Balaban J connectivity index is 2.09. The van der Waals surface area contributed by atoms with Crippen LogP contribution in [0, 0.1) is 0 Å². The van der Waals surface area contributed by atoms with Crippen LogP contribution in [0.4, 0.5) is 11.5 Å². The van der Waals surface area contributed by atoms with Crippen LogP contribution < -0.4 is 11.1 Å². The summed E-state index contributed by atoms with van der Waals surface area (Å²) in [7, 11) is 1.83. The molecule has 0 aliphatic carbocycles. The van der Waals surface area contributed by atoms with Crippen LogP contribution in [0.5, 0.6) is 0 Å². The molecule has 5 nitrogen and oxygen atoms in total. The number of rotatable bonds is 1. The van der Waals surface area contributed by atoms with Gasteiger partial charge in [0.2, 0.25) is 5.91 Å². The Bertz CT molecular complexity index is 615. The largest absolute Gasteiger partial charge is 0.382 e. The third-order valence-electron chi connectivity index (χ3n) is 2.90. The lowest BCUT2D eigenvalue weighted by Crippen LogP contribution is -2.03. The van der Waals surface area contributed by atoms with Crippen LogP contribution in [0.15, 0.2) is 24.4 Å². The molecule has 1 aliphatic rings. The Morgan fingerprint density at radius 1 is 1.47 bits per heavy atom. The lowest BCUT2D eigenvalue weighted by Gasteiger charge is -2.02. The summed E-state index contributed by atoms with van der Waals surface area (Å²) < 4.78 is 1.68. The number of carbonyl (C=O) groups excluding carboxylic acids is 1. The number of amides is 1. The molecule has 3 N–H and O–H groups in total. The molecule has 5 heteroatoms. The fraction of sp³-hybridized carbons (Fsp3) is 0.167. The molecule has 0 saturated carbocycles. The predicted molar refractivity (Wildman–Crippen MR) is 65.4 cm³/mol. The van der Waals surface area contributed by atoms with Crippen LogP contribution in [-0.4, -0.2) is 15.7 Å². The van der Waals surface area contributed by atoms with Gasteiger partial charge in [-0.25, -0.2) is 0 Å². The number of aromatic nitrogens is 2. The first-order chi connectivity index (χ1) is 8.13. The van der Waals surface area contributed by atoms with E-state index >= 15 is 0 Å². The summed E-state index contributed by atoms with van der Waals surface area (Å²) in [6.45, 7) is 0. The number of carbonyl (C=O) groups is 1. The van der Waals surface area contributed by atoms with E-state index in [0.717, 1.165) is 22.4 Å². The summed E-state index contributed by atoms with van der Waals surface area (Å²) in [5.41, 5.74) is 9.62. The fourth-order valence-corrected chi connectivity index (χ4v) is 2.12. The van der Waals surface area contributed by atoms with Crippen molar-refractivity contribution in [2.45, 2.75) is 6.42 Å². The number of nitrogens with two attached hydrogens (primary N) is 1. The topological polar surface area (TPSA) is 72.9 Å². The van der Waals surface area contributed by atoms with Gasteiger partial charge in [-0.3, -0.25) is 9.48 Å². The van der Waals surface area contributed by atoms with Crippen LogP contribution in [0.25, 0.3) is 11.1 Å². The van der Waals surface area contributed by atoms with E-state index in [4.69, 9.17) is 5.73 Å². The van der Waals surface area contributed by atoms with Crippen molar-refractivity contribution in [2.75, 3.05) is 11.1 Å². The number of fused-ring (bicyclic) bond motifs is 1. The zero-order chi connectivity index (χ0) is 12.0. The maximum atomic E-state index is 11.3. The second-order valence-electron chi connectivity index (χ2n) is 4.20. The molecule has 1 aromatic carbocycles. The van der Waals surface area contributed by atoms with Crippen molar-refractivity contribution in [3.63, 3.8) is 0 Å². The Kier molecular flexibility index (Phi) is 1.95. The van der Waals surface area contributed by atoms with Crippen LogP contribution >= 0.6 is 0 Å². The zero-order valence-electron chi connectivity index (χ0n) is 9.40. The normalized spacial score (nSPS) is 13.6. The van der Waals surface area contributed by atoms with Crippen molar-refractivity contribution in [3.8, 4) is 11.1 Å². The Morgan fingerprint density at radius 2 is 2.29 bits per heavy atom. The molecule has 1 amide bonds. The van der Waals surface area contributed by atoms with Gasteiger partial charge in [0.1, 0.15) is 0 Å². The standard InChI is InChI=1S/C12H12N4O/c1-16-6-9(12(13)15-16)7-2-3-10-8(4-7)5-11(17)14-10/h2-4,6H,5H2,1H3,(H2,13,15)(H,14,17). The van der Waals surface area contributed by atoms with Gasteiger partial charge in [0.15, 0.2) is 5.82 Å². The number of hydrogen-bond donors (Lipinski definition) is 2. The highest BCUT2D eigenvalue weighted by atomic mass is 16.1. The highest BCUT2D eigenvalue weighted by molar-refractivity contribution is 5.99. The lowest BCUT2D eigenvalue weighted by molar-refractivity contribution is -0.115. The average molecular weight is 228 g/mol. The molecule has 1 aromatic heterocycles. The third kappa shape index (κ3) is 1.56. The van der Waals surface area contributed by atoms with E-state index < -0.39 is 0 Å². The summed E-state index contributed by atoms with van der Waals surface area (Å²) in [6, 6.07) is 5.83. The molecule has 86 valence electrons. The van der Waals surface area contributed by atoms with E-state index in [1.54, 1.807) is 4.68 Å². The van der Waals surface area contributed by atoms with Crippen LogP contribution in [0.2, 0.25) is 0 Å². The van der Waals surface area contributed by atoms with Crippen LogP contribution in [0.3, 0.4) is 0 Å². The fourth-order valence-electron chi connectivity index (χ4n) is 2.12. The first kappa shape index (κ1) is 9.89. The first-order valence-electron chi connectivity index (χ1n) is 5.36. The Hall–Kier alpha value is -2.30. The van der Waals surface area contributed by atoms with E-state index in [0.29, 0.717) is 12.2 Å². The number of nitrogen functional groups attached to an aromatic ring is 1. The number of hydrogen-bond acceptors (Lipinski definition) is 3. The minimum Gasteiger partial charge on any atom is -0.382 e. The molecule has 3 rings (SSSR count). The van der Waals surface area contributed by atoms with Gasteiger partial charge in [-0.1, -0.05) is 6.07 Å². The molecule has 0 bridgehead atoms. The van der Waals surface area contributed by atoms with Crippen molar-refractivity contribution < 1.29 is 4.79 Å². The second-order valence-corrected chi connectivity index (χ2v) is 4.20.